The first-order valence-electron chi connectivity index (χ1n) is 7.73. The molecule has 0 saturated carbocycles. The van der Waals surface area contributed by atoms with Crippen LogP contribution in [0.15, 0.2) is 0 Å². The number of fused-ring (bicyclic) bond motifs is 1. The molecule has 2 saturated heterocycles. The van der Waals surface area contributed by atoms with E-state index in [1.807, 2.05) is 28.5 Å². The monoisotopic (exact) mass is 298 g/mol. The molecule has 3 unspecified atom stereocenters. The molecule has 2 aliphatic rings. The summed E-state index contributed by atoms with van der Waals surface area (Å²) in [4.78, 5) is 29.0. The Labute approximate surface area is 126 Å². The zero-order valence-electron chi connectivity index (χ0n) is 12.8. The van der Waals surface area contributed by atoms with Crippen molar-refractivity contribution < 1.29 is 9.59 Å². The lowest BCUT2D eigenvalue weighted by molar-refractivity contribution is -0.163. The Balaban J connectivity index is 2.11. The van der Waals surface area contributed by atoms with E-state index in [0.29, 0.717) is 5.25 Å². The number of piperidine rings is 1. The Morgan fingerprint density at radius 2 is 2.05 bits per heavy atom. The number of nitrogens with zero attached hydrogens (tertiary/aromatic N) is 2. The van der Waals surface area contributed by atoms with E-state index < -0.39 is 0 Å². The van der Waals surface area contributed by atoms with Crippen LogP contribution in [0.2, 0.25) is 0 Å². The minimum Gasteiger partial charge on any atom is -0.329 e. The summed E-state index contributed by atoms with van der Waals surface area (Å²) in [6.45, 7) is 5.66. The van der Waals surface area contributed by atoms with Gasteiger partial charge >= 0.3 is 0 Å². The minimum atomic E-state index is -0.231. The lowest BCUT2D eigenvalue weighted by Crippen LogP contribution is -2.65. The largest absolute Gasteiger partial charge is 0.329 e. The van der Waals surface area contributed by atoms with Gasteiger partial charge in [0.15, 0.2) is 0 Å². The Morgan fingerprint density at radius 3 is 2.70 bits per heavy atom. The maximum Gasteiger partial charge on any atom is 0.246 e. The van der Waals surface area contributed by atoms with Crippen molar-refractivity contribution in [3.05, 3.63) is 0 Å². The molecule has 0 aromatic rings. The van der Waals surface area contributed by atoms with Crippen molar-refractivity contribution in [3.63, 3.8) is 0 Å². The fourth-order valence-corrected chi connectivity index (χ4v) is 3.56. The lowest BCUT2D eigenvalue weighted by atomic mass is 9.94. The Hall–Kier alpha value is -0.710. The molecule has 0 aromatic heterocycles. The molecule has 2 amide bonds. The number of hydrogen-bond donors (Lipinski definition) is 0. The van der Waals surface area contributed by atoms with Crippen LogP contribution in [-0.4, -0.2) is 58.3 Å². The van der Waals surface area contributed by atoms with Gasteiger partial charge in [-0.3, -0.25) is 9.59 Å². The summed E-state index contributed by atoms with van der Waals surface area (Å²) in [5.74, 6) is 0.359. The summed E-state index contributed by atoms with van der Waals surface area (Å²) < 4.78 is 0. The van der Waals surface area contributed by atoms with E-state index in [1.165, 1.54) is 0 Å². The summed E-state index contributed by atoms with van der Waals surface area (Å²) in [5.41, 5.74) is 0. The van der Waals surface area contributed by atoms with Crippen LogP contribution in [0.3, 0.4) is 0 Å². The van der Waals surface area contributed by atoms with Gasteiger partial charge in [0.1, 0.15) is 12.1 Å². The van der Waals surface area contributed by atoms with Crippen LogP contribution in [0.1, 0.15) is 46.0 Å². The molecular formula is C15H26N2O2S. The summed E-state index contributed by atoms with van der Waals surface area (Å²) in [5, 5.41) is 0.528. The Morgan fingerprint density at radius 1 is 1.30 bits per heavy atom. The molecule has 4 nitrogen and oxygen atoms in total. The van der Waals surface area contributed by atoms with Gasteiger partial charge in [-0.05, 0) is 38.4 Å². The third-order valence-electron chi connectivity index (χ3n) is 4.58. The maximum atomic E-state index is 12.7. The summed E-state index contributed by atoms with van der Waals surface area (Å²) >= 11 is 1.81. The normalized spacial score (nSPS) is 28.6. The molecule has 0 N–H and O–H groups in total. The van der Waals surface area contributed by atoms with Crippen molar-refractivity contribution >= 4 is 23.6 Å². The van der Waals surface area contributed by atoms with Crippen LogP contribution in [0.4, 0.5) is 0 Å². The van der Waals surface area contributed by atoms with Gasteiger partial charge in [0.05, 0.1) is 0 Å². The van der Waals surface area contributed by atoms with Crippen molar-refractivity contribution in [2.75, 3.05) is 19.3 Å². The number of rotatable bonds is 5. The molecule has 0 spiro atoms. The molecule has 5 heteroatoms. The second kappa shape index (κ2) is 6.83. The second-order valence-corrected chi connectivity index (χ2v) is 7.11. The highest BCUT2D eigenvalue weighted by Crippen LogP contribution is 2.28. The molecule has 2 rings (SSSR count). The topological polar surface area (TPSA) is 40.6 Å². The van der Waals surface area contributed by atoms with Gasteiger partial charge in [-0.25, -0.2) is 0 Å². The Bertz CT molecular complexity index is 375. The number of amides is 2. The van der Waals surface area contributed by atoms with E-state index in [1.54, 1.807) is 0 Å². The highest BCUT2D eigenvalue weighted by Gasteiger charge is 2.45. The number of thioether (sulfide) groups is 1. The van der Waals surface area contributed by atoms with Gasteiger partial charge < -0.3 is 9.80 Å². The first kappa shape index (κ1) is 15.7. The molecule has 2 aliphatic heterocycles. The van der Waals surface area contributed by atoms with E-state index >= 15 is 0 Å². The average Bonchev–Trinajstić information content (AvgIpc) is 2.49. The van der Waals surface area contributed by atoms with Gasteiger partial charge in [0.2, 0.25) is 11.8 Å². The highest BCUT2D eigenvalue weighted by molar-refractivity contribution is 7.99. The third kappa shape index (κ3) is 2.97. The molecule has 2 heterocycles. The van der Waals surface area contributed by atoms with E-state index in [4.69, 9.17) is 0 Å². The van der Waals surface area contributed by atoms with Gasteiger partial charge in [0, 0.05) is 18.3 Å². The van der Waals surface area contributed by atoms with Crippen LogP contribution in [0.5, 0.6) is 0 Å². The number of hydrogen-bond acceptors (Lipinski definition) is 3. The molecular weight excluding hydrogens is 272 g/mol. The predicted molar refractivity (Wildman–Crippen MR) is 82.7 cm³/mol. The van der Waals surface area contributed by atoms with E-state index in [9.17, 15) is 9.59 Å². The first-order chi connectivity index (χ1) is 9.60. The quantitative estimate of drug-likeness (QED) is 0.781. The van der Waals surface area contributed by atoms with Crippen molar-refractivity contribution in [2.24, 2.45) is 0 Å². The van der Waals surface area contributed by atoms with Crippen molar-refractivity contribution in [2.45, 2.75) is 63.3 Å². The second-order valence-electron chi connectivity index (χ2n) is 5.83. The maximum absolute atomic E-state index is 12.7. The highest BCUT2D eigenvalue weighted by atomic mass is 32.2. The molecule has 114 valence electrons. The zero-order valence-corrected chi connectivity index (χ0v) is 13.6. The summed E-state index contributed by atoms with van der Waals surface area (Å²) in [7, 11) is 0. The zero-order chi connectivity index (χ0) is 14.7. The van der Waals surface area contributed by atoms with Gasteiger partial charge in [0.25, 0.3) is 0 Å². The van der Waals surface area contributed by atoms with E-state index in [-0.39, 0.29) is 23.9 Å². The molecule has 3 atom stereocenters. The summed E-state index contributed by atoms with van der Waals surface area (Å²) in [6.07, 6.45) is 6.72. The number of piperazine rings is 1. The average molecular weight is 298 g/mol. The number of carbonyl (C=O) groups excluding carboxylic acids is 2. The van der Waals surface area contributed by atoms with Gasteiger partial charge in [-0.15, -0.1) is 0 Å². The fourth-order valence-electron chi connectivity index (χ4n) is 3.22. The van der Waals surface area contributed by atoms with Crippen molar-refractivity contribution in [1.82, 2.24) is 9.80 Å². The summed E-state index contributed by atoms with van der Waals surface area (Å²) in [6, 6.07) is -0.408. The molecule has 0 aromatic carbocycles. The predicted octanol–water partition coefficient (Wildman–Crippen LogP) is 2.13. The molecule has 0 bridgehead atoms. The molecule has 20 heavy (non-hydrogen) atoms. The third-order valence-corrected chi connectivity index (χ3v) is 5.62. The van der Waals surface area contributed by atoms with Crippen LogP contribution < -0.4 is 0 Å². The van der Waals surface area contributed by atoms with Crippen LogP contribution in [0.25, 0.3) is 0 Å². The SMILES string of the molecule is CCC1C(=O)N2CCCCC2C(=O)N1CCC(C)SC. The standard InChI is InChI=1S/C15H26N2O2S/c1-4-12-14(18)16-9-6-5-7-13(16)15(19)17(12)10-8-11(2)20-3/h11-13H,4-10H2,1-3H3. The minimum absolute atomic E-state index is 0.175. The van der Waals surface area contributed by atoms with Crippen molar-refractivity contribution in [3.8, 4) is 0 Å². The van der Waals surface area contributed by atoms with Gasteiger partial charge in [-0.1, -0.05) is 13.8 Å². The first-order valence-corrected chi connectivity index (χ1v) is 9.02. The van der Waals surface area contributed by atoms with Crippen LogP contribution in [0, 0.1) is 0 Å². The number of carbonyl (C=O) groups is 2. The lowest BCUT2D eigenvalue weighted by Gasteiger charge is -2.47. The smallest absolute Gasteiger partial charge is 0.246 e. The van der Waals surface area contributed by atoms with E-state index in [0.717, 1.165) is 45.2 Å². The molecule has 0 radical (unpaired) electrons. The van der Waals surface area contributed by atoms with E-state index in [2.05, 4.69) is 13.2 Å². The Kier molecular flexibility index (Phi) is 5.35. The fraction of sp³-hybridized carbons (Fsp3) is 0.867. The van der Waals surface area contributed by atoms with Crippen molar-refractivity contribution in [1.29, 1.82) is 0 Å². The molecule has 0 aliphatic carbocycles. The van der Waals surface area contributed by atoms with Gasteiger partial charge in [-0.2, -0.15) is 11.8 Å². The van der Waals surface area contributed by atoms with Crippen LogP contribution >= 0.6 is 11.8 Å². The van der Waals surface area contributed by atoms with Crippen LogP contribution in [-0.2, 0) is 9.59 Å². The molecule has 2 fully saturated rings.